The van der Waals surface area contributed by atoms with Crippen molar-refractivity contribution in [1.29, 1.82) is 0 Å². The van der Waals surface area contributed by atoms with Crippen LogP contribution in [-0.2, 0) is 26.2 Å². The van der Waals surface area contributed by atoms with Gasteiger partial charge in [0.15, 0.2) is 0 Å². The summed E-state index contributed by atoms with van der Waals surface area (Å²) in [5.74, 6) is 0. The Kier molecular flexibility index (Phi) is 27.1. The summed E-state index contributed by atoms with van der Waals surface area (Å²) in [4.78, 5) is 0. The van der Waals surface area contributed by atoms with Crippen LogP contribution in [0, 0.1) is 12.2 Å². The molecule has 29 heavy (non-hydrogen) atoms. The monoisotopic (exact) mass is 514 g/mol. The summed E-state index contributed by atoms with van der Waals surface area (Å²) in [7, 11) is 0. The minimum atomic E-state index is 0. The summed E-state index contributed by atoms with van der Waals surface area (Å²) in [6.07, 6.45) is 29.4. The van der Waals surface area contributed by atoms with Gasteiger partial charge in [-0.05, 0) is 0 Å². The maximum atomic E-state index is 3.47. The van der Waals surface area contributed by atoms with E-state index >= 15 is 0 Å². The predicted octanol–water partition coefficient (Wildman–Crippen LogP) is 2.86. The molecule has 0 N–H and O–H groups in total. The number of halogens is 2. The first-order valence-corrected chi connectivity index (χ1v) is 11.3. The van der Waals surface area contributed by atoms with E-state index in [2.05, 4.69) is 52.0 Å². The maximum Gasteiger partial charge on any atom is 4.00 e. The molecule has 2 aliphatic rings. The van der Waals surface area contributed by atoms with Crippen LogP contribution in [0.1, 0.15) is 118 Å². The number of hydrogen-bond donors (Lipinski definition) is 0. The van der Waals surface area contributed by atoms with Crippen molar-refractivity contribution in [2.24, 2.45) is 0 Å². The van der Waals surface area contributed by atoms with Crippen LogP contribution >= 0.6 is 0 Å². The van der Waals surface area contributed by atoms with E-state index in [1.165, 1.54) is 88.2 Å². The van der Waals surface area contributed by atoms with E-state index in [9.17, 15) is 0 Å². The normalized spacial score (nSPS) is 14.2. The van der Waals surface area contributed by atoms with Gasteiger partial charge in [0.2, 0.25) is 0 Å². The number of hydrogen-bond acceptors (Lipinski definition) is 0. The zero-order valence-electron chi connectivity index (χ0n) is 19.3. The molecule has 0 radical (unpaired) electrons. The van der Waals surface area contributed by atoms with Crippen LogP contribution in [0.2, 0.25) is 0 Å². The third kappa shape index (κ3) is 15.0. The predicted molar refractivity (Wildman–Crippen MR) is 117 cm³/mol. The minimum Gasteiger partial charge on any atom is -1.00 e. The van der Waals surface area contributed by atoms with Gasteiger partial charge < -0.3 is 24.8 Å². The zero-order chi connectivity index (χ0) is 19.0. The van der Waals surface area contributed by atoms with Crippen molar-refractivity contribution >= 4 is 0 Å². The van der Waals surface area contributed by atoms with Crippen molar-refractivity contribution in [3.8, 4) is 0 Å². The summed E-state index contributed by atoms with van der Waals surface area (Å²) in [5, 5.41) is 0. The standard InChI is InChI=1S/2C13H21.2ClH.Zr/c2*1-3-5-8-12-10-7-11-13(12)9-6-4-2;;;/h2*10H,3-9H2,1-2H3;2*1H;/q2*-1;;;+4/p-2. The third-order valence-corrected chi connectivity index (χ3v) is 5.26. The molecule has 0 aliphatic heterocycles. The molecule has 0 saturated carbocycles. The average Bonchev–Trinajstić information content (AvgIpc) is 3.30. The first kappa shape index (κ1) is 34.0. The van der Waals surface area contributed by atoms with E-state index < -0.39 is 0 Å². The molecule has 0 spiro atoms. The van der Waals surface area contributed by atoms with Crippen LogP contribution in [0.4, 0.5) is 0 Å². The minimum absolute atomic E-state index is 0. The first-order valence-electron chi connectivity index (χ1n) is 11.3. The van der Waals surface area contributed by atoms with Crippen LogP contribution in [0.3, 0.4) is 0 Å². The van der Waals surface area contributed by atoms with Gasteiger partial charge in [-0.1, -0.05) is 105 Å². The van der Waals surface area contributed by atoms with E-state index in [1.54, 1.807) is 11.1 Å². The Morgan fingerprint density at radius 2 is 0.897 bits per heavy atom. The molecular weight excluding hydrogens is 474 g/mol. The zero-order valence-corrected chi connectivity index (χ0v) is 23.3. The third-order valence-electron chi connectivity index (χ3n) is 5.26. The largest absolute Gasteiger partial charge is 4.00 e. The van der Waals surface area contributed by atoms with E-state index in [0.717, 1.165) is 12.8 Å². The Labute approximate surface area is 214 Å². The molecule has 0 aromatic heterocycles. The molecular formula is C26H42Cl2Zr. The van der Waals surface area contributed by atoms with Crippen molar-refractivity contribution in [2.45, 2.75) is 118 Å². The topological polar surface area (TPSA) is 0 Å². The van der Waals surface area contributed by atoms with Gasteiger partial charge in [-0.3, -0.25) is 12.2 Å². The Balaban J connectivity index is -0.000000422. The van der Waals surface area contributed by atoms with E-state index in [1.807, 2.05) is 0 Å². The molecule has 0 heterocycles. The molecule has 0 amide bonds. The average molecular weight is 517 g/mol. The molecule has 0 unspecified atom stereocenters. The van der Waals surface area contributed by atoms with Crippen LogP contribution in [0.5, 0.6) is 0 Å². The van der Waals surface area contributed by atoms with Crippen molar-refractivity contribution in [1.82, 2.24) is 0 Å². The van der Waals surface area contributed by atoms with E-state index in [4.69, 9.17) is 0 Å². The molecule has 2 aliphatic carbocycles. The van der Waals surface area contributed by atoms with Gasteiger partial charge in [0.05, 0.1) is 0 Å². The Hall–Kier alpha value is 0.423. The van der Waals surface area contributed by atoms with Crippen LogP contribution in [0.25, 0.3) is 0 Å². The summed E-state index contributed by atoms with van der Waals surface area (Å²) in [6, 6.07) is 0. The fraction of sp³-hybridized carbons (Fsp3) is 0.692. The Bertz CT molecular complexity index is 411. The van der Waals surface area contributed by atoms with Crippen LogP contribution in [0.15, 0.2) is 34.4 Å². The van der Waals surface area contributed by atoms with Crippen molar-refractivity contribution < 1.29 is 51.0 Å². The summed E-state index contributed by atoms with van der Waals surface area (Å²) in [6.45, 7) is 9.03. The van der Waals surface area contributed by atoms with Gasteiger partial charge in [0, 0.05) is 0 Å². The quantitative estimate of drug-likeness (QED) is 0.350. The fourth-order valence-electron chi connectivity index (χ4n) is 3.51. The molecule has 0 saturated heterocycles. The van der Waals surface area contributed by atoms with E-state index in [-0.39, 0.29) is 51.0 Å². The molecule has 3 heteroatoms. The smallest absolute Gasteiger partial charge is 1.00 e. The van der Waals surface area contributed by atoms with Crippen molar-refractivity contribution in [3.05, 3.63) is 46.6 Å². The second-order valence-electron chi connectivity index (χ2n) is 7.59. The van der Waals surface area contributed by atoms with Gasteiger partial charge >= 0.3 is 26.2 Å². The molecule has 164 valence electrons. The van der Waals surface area contributed by atoms with Crippen LogP contribution < -0.4 is 24.8 Å². The van der Waals surface area contributed by atoms with Crippen molar-refractivity contribution in [3.63, 3.8) is 0 Å². The number of unbranched alkanes of at least 4 members (excludes halogenated alkanes) is 4. The molecule has 0 nitrogen and oxygen atoms in total. The van der Waals surface area contributed by atoms with Gasteiger partial charge in [0.1, 0.15) is 0 Å². The molecule has 0 fully saturated rings. The summed E-state index contributed by atoms with van der Waals surface area (Å²) < 4.78 is 0. The van der Waals surface area contributed by atoms with Gasteiger partial charge in [0.25, 0.3) is 0 Å². The molecule has 0 bridgehead atoms. The van der Waals surface area contributed by atoms with Crippen LogP contribution in [-0.4, -0.2) is 0 Å². The SMILES string of the molecule is CCCCC1=[C-]CC=C1CCCC.CCCCC1=[C-]CC=C1CCCC.[Cl-].[Cl-].[Zr+4]. The maximum absolute atomic E-state index is 3.47. The van der Waals surface area contributed by atoms with Gasteiger partial charge in [-0.15, -0.1) is 12.8 Å². The second kappa shape index (κ2) is 23.1. The second-order valence-corrected chi connectivity index (χ2v) is 7.59. The molecule has 2 rings (SSSR count). The molecule has 0 atom stereocenters. The molecule has 0 aromatic rings. The fourth-order valence-corrected chi connectivity index (χ4v) is 3.51. The van der Waals surface area contributed by atoms with E-state index in [0.29, 0.717) is 0 Å². The van der Waals surface area contributed by atoms with Gasteiger partial charge in [-0.2, -0.15) is 23.3 Å². The Morgan fingerprint density at radius 3 is 1.21 bits per heavy atom. The first-order chi connectivity index (χ1) is 12.8. The van der Waals surface area contributed by atoms with Crippen molar-refractivity contribution in [2.75, 3.05) is 0 Å². The number of rotatable bonds is 12. The Morgan fingerprint density at radius 1 is 0.586 bits per heavy atom. The number of allylic oxidation sites excluding steroid dienone is 8. The molecule has 0 aromatic carbocycles. The summed E-state index contributed by atoms with van der Waals surface area (Å²) in [5.41, 5.74) is 6.23. The summed E-state index contributed by atoms with van der Waals surface area (Å²) >= 11 is 0. The van der Waals surface area contributed by atoms with Gasteiger partial charge in [-0.25, -0.2) is 11.1 Å².